The summed E-state index contributed by atoms with van der Waals surface area (Å²) in [6.07, 6.45) is 4.45. The van der Waals surface area contributed by atoms with Gasteiger partial charge in [0.15, 0.2) is 0 Å². The molecule has 0 radical (unpaired) electrons. The summed E-state index contributed by atoms with van der Waals surface area (Å²) >= 11 is 0. The molecule has 2 amide bonds. The highest BCUT2D eigenvalue weighted by Gasteiger charge is 2.36. The molecule has 0 spiro atoms. The fourth-order valence-corrected chi connectivity index (χ4v) is 3.52. The summed E-state index contributed by atoms with van der Waals surface area (Å²) in [5.74, 6) is 2.71. The van der Waals surface area contributed by atoms with Crippen LogP contribution in [-0.2, 0) is 6.42 Å². The van der Waals surface area contributed by atoms with E-state index in [0.29, 0.717) is 0 Å². The van der Waals surface area contributed by atoms with Gasteiger partial charge in [0.25, 0.3) is 0 Å². The summed E-state index contributed by atoms with van der Waals surface area (Å²) in [7, 11) is 0. The van der Waals surface area contributed by atoms with Gasteiger partial charge in [-0.2, -0.15) is 0 Å². The summed E-state index contributed by atoms with van der Waals surface area (Å²) in [4.78, 5) is 14.6. The lowest BCUT2D eigenvalue weighted by atomic mass is 9.75. The van der Waals surface area contributed by atoms with E-state index in [0.717, 1.165) is 43.4 Å². The van der Waals surface area contributed by atoms with Crippen LogP contribution in [0.4, 0.5) is 4.79 Å². The molecule has 0 bridgehead atoms. The van der Waals surface area contributed by atoms with Gasteiger partial charge in [-0.15, -0.1) is 0 Å². The number of hydrogen-bond donors (Lipinski definition) is 1. The molecule has 122 valence electrons. The van der Waals surface area contributed by atoms with Gasteiger partial charge in [0, 0.05) is 25.1 Å². The molecule has 0 saturated heterocycles. The molecular weight excluding hydrogens is 276 g/mol. The molecular formula is C18H28N2O2. The van der Waals surface area contributed by atoms with E-state index in [9.17, 15) is 4.79 Å². The minimum absolute atomic E-state index is 0.0666. The molecule has 3 rings (SSSR count). The Morgan fingerprint density at radius 3 is 2.82 bits per heavy atom. The smallest absolute Gasteiger partial charge is 0.317 e. The first-order valence-corrected chi connectivity index (χ1v) is 8.52. The summed E-state index contributed by atoms with van der Waals surface area (Å²) in [6, 6.07) is 2.23. The van der Waals surface area contributed by atoms with E-state index < -0.39 is 0 Å². The van der Waals surface area contributed by atoms with Gasteiger partial charge in [-0.3, -0.25) is 0 Å². The van der Waals surface area contributed by atoms with Gasteiger partial charge in [0.1, 0.15) is 11.5 Å². The Morgan fingerprint density at radius 2 is 2.18 bits per heavy atom. The second-order valence-electron chi connectivity index (χ2n) is 7.76. The molecule has 4 heteroatoms. The Balaban J connectivity index is 1.74. The van der Waals surface area contributed by atoms with Gasteiger partial charge in [0.05, 0.1) is 6.04 Å². The molecule has 2 aliphatic rings. The molecule has 0 aromatic carbocycles. The minimum atomic E-state index is 0.0666. The number of furan rings is 1. The highest BCUT2D eigenvalue weighted by Crippen LogP contribution is 2.42. The summed E-state index contributed by atoms with van der Waals surface area (Å²) in [6.45, 7) is 10.2. The van der Waals surface area contributed by atoms with E-state index in [1.165, 1.54) is 18.4 Å². The monoisotopic (exact) mass is 304 g/mol. The van der Waals surface area contributed by atoms with E-state index in [1.807, 2.05) is 11.8 Å². The molecule has 2 aliphatic carbocycles. The second kappa shape index (κ2) is 5.64. The third-order valence-electron chi connectivity index (χ3n) is 4.88. The Kier molecular flexibility index (Phi) is 3.96. The van der Waals surface area contributed by atoms with Crippen molar-refractivity contribution in [2.24, 2.45) is 11.3 Å². The van der Waals surface area contributed by atoms with E-state index >= 15 is 0 Å². The number of aryl methyl sites for hydroxylation is 1. The molecule has 4 nitrogen and oxygen atoms in total. The van der Waals surface area contributed by atoms with Crippen molar-refractivity contribution in [3.05, 3.63) is 23.2 Å². The lowest BCUT2D eigenvalue weighted by Gasteiger charge is -2.35. The topological polar surface area (TPSA) is 45.5 Å². The van der Waals surface area contributed by atoms with Crippen LogP contribution >= 0.6 is 0 Å². The molecule has 1 fully saturated rings. The minimum Gasteiger partial charge on any atom is -0.466 e. The molecule has 1 heterocycles. The number of fused-ring (bicyclic) bond motifs is 1. The molecule has 1 saturated carbocycles. The number of amides is 2. The van der Waals surface area contributed by atoms with E-state index in [4.69, 9.17) is 4.42 Å². The van der Waals surface area contributed by atoms with E-state index in [1.54, 1.807) is 0 Å². The van der Waals surface area contributed by atoms with Crippen LogP contribution in [0.15, 0.2) is 10.5 Å². The highest BCUT2D eigenvalue weighted by molar-refractivity contribution is 5.75. The fraction of sp³-hybridized carbons (Fsp3) is 0.722. The summed E-state index contributed by atoms with van der Waals surface area (Å²) in [5, 5.41) is 3.26. The van der Waals surface area contributed by atoms with Gasteiger partial charge in [-0.25, -0.2) is 4.79 Å². The lowest BCUT2D eigenvalue weighted by Crippen LogP contribution is -2.44. The zero-order valence-corrected chi connectivity index (χ0v) is 14.2. The zero-order chi connectivity index (χ0) is 15.9. The van der Waals surface area contributed by atoms with Crippen molar-refractivity contribution in [2.75, 3.05) is 13.1 Å². The molecule has 1 aromatic rings. The van der Waals surface area contributed by atoms with Crippen LogP contribution in [0.1, 0.15) is 63.2 Å². The Morgan fingerprint density at radius 1 is 1.45 bits per heavy atom. The third kappa shape index (κ3) is 3.31. The average Bonchev–Trinajstić information content (AvgIpc) is 3.16. The SMILES string of the molecule is CCN(CC1CC1)C(=O)NC1CC(C)(C)Cc2oc(C)cc21. The van der Waals surface area contributed by atoms with Gasteiger partial charge < -0.3 is 14.6 Å². The predicted molar refractivity (Wildman–Crippen MR) is 86.8 cm³/mol. The molecule has 1 aromatic heterocycles. The van der Waals surface area contributed by atoms with Gasteiger partial charge in [0.2, 0.25) is 0 Å². The standard InChI is InChI=1S/C18H28N2O2/c1-5-20(11-13-6-7-13)17(21)19-15-9-18(3,4)10-16-14(15)8-12(2)22-16/h8,13,15H,5-7,9-11H2,1-4H3,(H,19,21). The van der Waals surface area contributed by atoms with Gasteiger partial charge in [-0.05, 0) is 50.5 Å². The van der Waals surface area contributed by atoms with Crippen molar-refractivity contribution in [3.8, 4) is 0 Å². The number of hydrogen-bond acceptors (Lipinski definition) is 2. The Bertz CT molecular complexity index is 557. The van der Waals surface area contributed by atoms with Crippen molar-refractivity contribution in [3.63, 3.8) is 0 Å². The normalized spacial score (nSPS) is 23.0. The predicted octanol–water partition coefficient (Wildman–Crippen LogP) is 4.04. The average molecular weight is 304 g/mol. The lowest BCUT2D eigenvalue weighted by molar-refractivity contribution is 0.181. The van der Waals surface area contributed by atoms with Crippen molar-refractivity contribution in [1.82, 2.24) is 10.2 Å². The molecule has 1 N–H and O–H groups in total. The number of carbonyl (C=O) groups is 1. The quantitative estimate of drug-likeness (QED) is 0.912. The van der Waals surface area contributed by atoms with Crippen LogP contribution in [0.25, 0.3) is 0 Å². The first-order valence-electron chi connectivity index (χ1n) is 8.52. The molecule has 22 heavy (non-hydrogen) atoms. The van der Waals surface area contributed by atoms with Crippen molar-refractivity contribution in [2.45, 2.75) is 59.4 Å². The maximum absolute atomic E-state index is 12.6. The zero-order valence-electron chi connectivity index (χ0n) is 14.2. The fourth-order valence-electron chi connectivity index (χ4n) is 3.52. The largest absolute Gasteiger partial charge is 0.466 e. The summed E-state index contributed by atoms with van der Waals surface area (Å²) in [5.41, 5.74) is 1.33. The van der Waals surface area contributed by atoms with Crippen LogP contribution in [0.5, 0.6) is 0 Å². The third-order valence-corrected chi connectivity index (χ3v) is 4.88. The first kappa shape index (κ1) is 15.4. The van der Waals surface area contributed by atoms with Gasteiger partial charge >= 0.3 is 6.03 Å². The summed E-state index contributed by atoms with van der Waals surface area (Å²) < 4.78 is 5.85. The van der Waals surface area contributed by atoms with Crippen molar-refractivity contribution >= 4 is 6.03 Å². The van der Waals surface area contributed by atoms with Crippen molar-refractivity contribution < 1.29 is 9.21 Å². The van der Waals surface area contributed by atoms with Crippen LogP contribution in [-0.4, -0.2) is 24.0 Å². The maximum Gasteiger partial charge on any atom is 0.317 e. The number of nitrogens with one attached hydrogen (secondary N) is 1. The number of carbonyl (C=O) groups excluding carboxylic acids is 1. The molecule has 1 unspecified atom stereocenters. The van der Waals surface area contributed by atoms with Crippen LogP contribution in [0, 0.1) is 18.3 Å². The number of rotatable bonds is 4. The van der Waals surface area contributed by atoms with Crippen LogP contribution < -0.4 is 5.32 Å². The number of urea groups is 1. The first-order chi connectivity index (χ1) is 10.4. The molecule has 0 aliphatic heterocycles. The second-order valence-corrected chi connectivity index (χ2v) is 7.76. The van der Waals surface area contributed by atoms with E-state index in [-0.39, 0.29) is 17.5 Å². The van der Waals surface area contributed by atoms with E-state index in [2.05, 4.69) is 32.2 Å². The molecule has 1 atom stereocenters. The van der Waals surface area contributed by atoms with Crippen molar-refractivity contribution in [1.29, 1.82) is 0 Å². The number of nitrogens with zero attached hydrogens (tertiary/aromatic N) is 1. The highest BCUT2D eigenvalue weighted by atomic mass is 16.3. The Labute approximate surface area is 133 Å². The maximum atomic E-state index is 12.6. The van der Waals surface area contributed by atoms with Gasteiger partial charge in [-0.1, -0.05) is 13.8 Å². The Hall–Kier alpha value is -1.45. The van der Waals surface area contributed by atoms with Crippen LogP contribution in [0.2, 0.25) is 0 Å². The van der Waals surface area contributed by atoms with Crippen LogP contribution in [0.3, 0.4) is 0 Å².